The summed E-state index contributed by atoms with van der Waals surface area (Å²) in [4.78, 5) is 0. The van der Waals surface area contributed by atoms with E-state index in [1.807, 2.05) is 0 Å². The number of allylic oxidation sites excluding steroid dienone is 4. The molecule has 0 aliphatic heterocycles. The van der Waals surface area contributed by atoms with Crippen molar-refractivity contribution in [2.24, 2.45) is 0 Å². The van der Waals surface area contributed by atoms with Crippen molar-refractivity contribution in [3.8, 4) is 0 Å². The van der Waals surface area contributed by atoms with Crippen molar-refractivity contribution in [1.29, 1.82) is 0 Å². The lowest BCUT2D eigenvalue weighted by Gasteiger charge is -2.17. The van der Waals surface area contributed by atoms with Gasteiger partial charge < -0.3 is 5.11 Å². The fraction of sp³-hybridized carbons (Fsp3) is 0.333. The Bertz CT molecular complexity index is 210. The highest BCUT2D eigenvalue weighted by Gasteiger charge is 2.27. The minimum Gasteiger partial charge on any atom is -0.511 e. The molecule has 1 N–H and O–H groups in total. The lowest BCUT2D eigenvalue weighted by molar-refractivity contribution is 0.302. The molecule has 0 saturated heterocycles. The van der Waals surface area contributed by atoms with E-state index in [4.69, 9.17) is 5.11 Å². The predicted octanol–water partition coefficient (Wildman–Crippen LogP) is 3.21. The molecule has 0 saturated carbocycles. The largest absolute Gasteiger partial charge is 0.511 e. The van der Waals surface area contributed by atoms with Gasteiger partial charge in [-0.25, -0.2) is 4.39 Å². The van der Waals surface area contributed by atoms with Crippen LogP contribution < -0.4 is 0 Å². The molecule has 0 spiro atoms. The Balaban J connectivity index is 2.85. The van der Waals surface area contributed by atoms with Crippen LogP contribution in [0.2, 0.25) is 0 Å². The summed E-state index contributed by atoms with van der Waals surface area (Å²) >= 11 is 4.73. The Kier molecular flexibility index (Phi) is 2.39. The van der Waals surface area contributed by atoms with Gasteiger partial charge in [-0.3, -0.25) is 0 Å². The van der Waals surface area contributed by atoms with Crippen LogP contribution in [0, 0.1) is 0 Å². The highest BCUT2D eigenvalue weighted by Crippen LogP contribution is 2.36. The molecule has 0 aromatic rings. The number of hydrogen-bond donors (Lipinski definition) is 1. The Morgan fingerprint density at radius 2 is 2.40 bits per heavy atom. The van der Waals surface area contributed by atoms with Gasteiger partial charge in [0.1, 0.15) is 5.76 Å². The summed E-state index contributed by atoms with van der Waals surface area (Å²) in [5.74, 6) is 0.0689. The molecular weight excluding hydrogens is 314 g/mol. The number of halogens is 3. The first-order valence-electron chi connectivity index (χ1n) is 2.66. The van der Waals surface area contributed by atoms with Crippen LogP contribution in [-0.4, -0.2) is 8.78 Å². The third-order valence-corrected chi connectivity index (χ3v) is 2.62. The SMILES string of the molecule is OC1=C(Br)C=CC(F)(I)C1. The Hall–Kier alpha value is 0.420. The summed E-state index contributed by atoms with van der Waals surface area (Å²) < 4.78 is 12.1. The third-order valence-electron chi connectivity index (χ3n) is 1.15. The maximum atomic E-state index is 13.0. The standard InChI is InChI=1S/C6H5BrFIO/c7-4-1-2-6(8,9)3-5(4)10/h1-2,10H,3H2. The van der Waals surface area contributed by atoms with E-state index < -0.39 is 3.68 Å². The summed E-state index contributed by atoms with van der Waals surface area (Å²) in [5, 5.41) is 9.05. The molecule has 10 heavy (non-hydrogen) atoms. The second-order valence-corrected chi connectivity index (χ2v) is 4.71. The molecule has 0 radical (unpaired) electrons. The molecule has 0 heterocycles. The average molecular weight is 319 g/mol. The molecule has 0 fully saturated rings. The van der Waals surface area contributed by atoms with Crippen LogP contribution >= 0.6 is 38.5 Å². The molecular formula is C6H5BrFIO. The van der Waals surface area contributed by atoms with Gasteiger partial charge in [0, 0.05) is 0 Å². The number of hydrogen-bond acceptors (Lipinski definition) is 1. The van der Waals surface area contributed by atoms with Crippen LogP contribution in [0.25, 0.3) is 0 Å². The average Bonchev–Trinajstić information content (AvgIpc) is 1.79. The van der Waals surface area contributed by atoms with E-state index in [1.165, 1.54) is 12.2 Å². The van der Waals surface area contributed by atoms with Gasteiger partial charge in [-0.2, -0.15) is 0 Å². The zero-order valence-corrected chi connectivity index (χ0v) is 8.69. The maximum absolute atomic E-state index is 13.0. The number of rotatable bonds is 0. The molecule has 1 atom stereocenters. The van der Waals surface area contributed by atoms with Gasteiger partial charge in [-0.15, -0.1) is 0 Å². The zero-order valence-electron chi connectivity index (χ0n) is 4.94. The van der Waals surface area contributed by atoms with Crippen LogP contribution in [0.5, 0.6) is 0 Å². The summed E-state index contributed by atoms with van der Waals surface area (Å²) in [6, 6.07) is 0. The van der Waals surface area contributed by atoms with Crippen LogP contribution in [0.1, 0.15) is 6.42 Å². The summed E-state index contributed by atoms with van der Waals surface area (Å²) in [6.07, 6.45) is 2.98. The topological polar surface area (TPSA) is 20.2 Å². The Morgan fingerprint density at radius 1 is 1.80 bits per heavy atom. The zero-order chi connectivity index (χ0) is 7.78. The highest BCUT2D eigenvalue weighted by molar-refractivity contribution is 14.1. The quantitative estimate of drug-likeness (QED) is 0.537. The van der Waals surface area contributed by atoms with Gasteiger partial charge >= 0.3 is 0 Å². The molecule has 4 heteroatoms. The second kappa shape index (κ2) is 2.81. The monoisotopic (exact) mass is 318 g/mol. The third kappa shape index (κ3) is 1.95. The Morgan fingerprint density at radius 3 is 2.80 bits per heavy atom. The maximum Gasteiger partial charge on any atom is 0.186 e. The first-order chi connectivity index (χ1) is 4.51. The number of aliphatic hydroxyl groups excluding tert-OH is 1. The van der Waals surface area contributed by atoms with E-state index in [-0.39, 0.29) is 12.2 Å². The van der Waals surface area contributed by atoms with Crippen molar-refractivity contribution < 1.29 is 9.50 Å². The molecule has 1 aliphatic rings. The van der Waals surface area contributed by atoms with E-state index in [9.17, 15) is 4.39 Å². The molecule has 0 aromatic heterocycles. The predicted molar refractivity (Wildman–Crippen MR) is 50.2 cm³/mol. The molecule has 0 amide bonds. The van der Waals surface area contributed by atoms with E-state index in [2.05, 4.69) is 15.9 Å². The van der Waals surface area contributed by atoms with E-state index in [0.717, 1.165) is 0 Å². The molecule has 0 aromatic carbocycles. The van der Waals surface area contributed by atoms with Crippen LogP contribution in [-0.2, 0) is 0 Å². The summed E-state index contributed by atoms with van der Waals surface area (Å²) in [5.41, 5.74) is 0. The second-order valence-electron chi connectivity index (χ2n) is 2.07. The number of alkyl halides is 2. The van der Waals surface area contributed by atoms with Gasteiger partial charge in [0.05, 0.1) is 10.9 Å². The van der Waals surface area contributed by atoms with Gasteiger partial charge in [0.2, 0.25) is 0 Å². The first-order valence-corrected chi connectivity index (χ1v) is 4.53. The number of aliphatic hydroxyl groups is 1. The van der Waals surface area contributed by atoms with Crippen molar-refractivity contribution in [2.45, 2.75) is 10.1 Å². The lowest BCUT2D eigenvalue weighted by atomic mass is 10.1. The van der Waals surface area contributed by atoms with Gasteiger partial charge in [0.25, 0.3) is 0 Å². The summed E-state index contributed by atoms with van der Waals surface area (Å²) in [7, 11) is 0. The van der Waals surface area contributed by atoms with Crippen molar-refractivity contribution in [2.75, 3.05) is 0 Å². The van der Waals surface area contributed by atoms with Crippen LogP contribution in [0.15, 0.2) is 22.4 Å². The fourth-order valence-corrected chi connectivity index (χ4v) is 1.47. The molecule has 1 rings (SSSR count). The van der Waals surface area contributed by atoms with Crippen molar-refractivity contribution in [3.05, 3.63) is 22.4 Å². The van der Waals surface area contributed by atoms with Crippen molar-refractivity contribution in [1.82, 2.24) is 0 Å². The molecule has 0 bridgehead atoms. The van der Waals surface area contributed by atoms with Crippen molar-refractivity contribution >= 4 is 38.5 Å². The molecule has 1 unspecified atom stereocenters. The lowest BCUT2D eigenvalue weighted by Crippen LogP contribution is -2.13. The van der Waals surface area contributed by atoms with E-state index in [0.29, 0.717) is 4.48 Å². The fourth-order valence-electron chi connectivity index (χ4n) is 0.658. The van der Waals surface area contributed by atoms with Gasteiger partial charge in [-0.05, 0) is 50.7 Å². The minimum atomic E-state index is -1.42. The first kappa shape index (κ1) is 8.52. The molecule has 56 valence electrons. The highest BCUT2D eigenvalue weighted by atomic mass is 127. The Labute approximate surface area is 80.3 Å². The minimum absolute atomic E-state index is 0.0463. The smallest absolute Gasteiger partial charge is 0.186 e. The van der Waals surface area contributed by atoms with E-state index in [1.54, 1.807) is 22.6 Å². The summed E-state index contributed by atoms with van der Waals surface area (Å²) in [6.45, 7) is 0. The molecule has 1 aliphatic carbocycles. The van der Waals surface area contributed by atoms with Crippen LogP contribution in [0.4, 0.5) is 4.39 Å². The normalized spacial score (nSPS) is 33.1. The van der Waals surface area contributed by atoms with E-state index >= 15 is 0 Å². The van der Waals surface area contributed by atoms with Crippen molar-refractivity contribution in [3.63, 3.8) is 0 Å². The van der Waals surface area contributed by atoms with Gasteiger partial charge in [-0.1, -0.05) is 0 Å². The van der Waals surface area contributed by atoms with Crippen LogP contribution in [0.3, 0.4) is 0 Å². The molecule has 1 nitrogen and oxygen atoms in total. The van der Waals surface area contributed by atoms with Gasteiger partial charge in [0.15, 0.2) is 3.68 Å².